The number of likely N-dealkylation sites (N-methyl/N-ethyl adjacent to an activating group) is 1. The fourth-order valence-electron chi connectivity index (χ4n) is 2.37. The third-order valence-electron chi connectivity index (χ3n) is 3.67. The molecule has 0 aliphatic rings. The van der Waals surface area contributed by atoms with Crippen LogP contribution < -0.4 is 10.2 Å². The lowest BCUT2D eigenvalue weighted by Crippen LogP contribution is -3.16. The van der Waals surface area contributed by atoms with Crippen LogP contribution in [0.15, 0.2) is 24.3 Å². The average molecular weight is 324 g/mol. The first-order valence-electron chi connectivity index (χ1n) is 7.40. The van der Waals surface area contributed by atoms with Gasteiger partial charge in [-0.2, -0.15) is 0 Å². The molecular weight excluding hydrogens is 302 g/mol. The van der Waals surface area contributed by atoms with Crippen molar-refractivity contribution in [3.63, 3.8) is 0 Å². The lowest BCUT2D eigenvalue weighted by Gasteiger charge is -2.24. The predicted molar refractivity (Wildman–Crippen MR) is 84.2 cm³/mol. The van der Waals surface area contributed by atoms with Crippen molar-refractivity contribution in [3.8, 4) is 0 Å². The van der Waals surface area contributed by atoms with Crippen LogP contribution >= 0.6 is 0 Å². The van der Waals surface area contributed by atoms with Crippen molar-refractivity contribution in [1.82, 2.24) is 0 Å². The fraction of sp³-hybridized carbons (Fsp3) is 0.467. The number of quaternary nitrogens is 1. The summed E-state index contributed by atoms with van der Waals surface area (Å²) in [7, 11) is 1.26. The van der Waals surface area contributed by atoms with Gasteiger partial charge in [0.1, 0.15) is 12.1 Å². The van der Waals surface area contributed by atoms with E-state index in [0.717, 1.165) is 4.90 Å². The van der Waals surface area contributed by atoms with Gasteiger partial charge in [0.2, 0.25) is 0 Å². The van der Waals surface area contributed by atoms with Crippen molar-refractivity contribution in [2.24, 2.45) is 0 Å². The second kappa shape index (κ2) is 8.84. The Hall–Kier alpha value is -2.48. The summed E-state index contributed by atoms with van der Waals surface area (Å²) in [6, 6.07) is 5.23. The van der Waals surface area contributed by atoms with Gasteiger partial charge in [0, 0.05) is 6.07 Å². The molecule has 1 rings (SSSR count). The number of amides is 1. The number of nitro groups is 1. The SMILES string of the molecule is CC[NH+](CC)[C@@H](CC(=O)OC)C(=O)Nc1ccccc1[N+](=O)[O-]. The van der Waals surface area contributed by atoms with E-state index in [1.807, 2.05) is 13.8 Å². The summed E-state index contributed by atoms with van der Waals surface area (Å²) < 4.78 is 4.64. The number of rotatable bonds is 8. The highest BCUT2D eigenvalue weighted by atomic mass is 16.6. The number of methoxy groups -OCH3 is 1. The second-order valence-corrected chi connectivity index (χ2v) is 4.96. The minimum Gasteiger partial charge on any atom is -0.469 e. The van der Waals surface area contributed by atoms with Crippen molar-refractivity contribution in [2.45, 2.75) is 26.3 Å². The maximum absolute atomic E-state index is 12.5. The highest BCUT2D eigenvalue weighted by Gasteiger charge is 2.32. The predicted octanol–water partition coefficient (Wildman–Crippen LogP) is 0.390. The number of hydrogen-bond acceptors (Lipinski definition) is 5. The molecule has 1 amide bonds. The fourth-order valence-corrected chi connectivity index (χ4v) is 2.37. The minimum atomic E-state index is -0.669. The molecule has 0 bridgehead atoms. The Morgan fingerprint density at radius 1 is 1.30 bits per heavy atom. The van der Waals surface area contributed by atoms with Crippen LogP contribution in [0.1, 0.15) is 20.3 Å². The van der Waals surface area contributed by atoms with Gasteiger partial charge in [-0.25, -0.2) is 0 Å². The van der Waals surface area contributed by atoms with Crippen molar-refractivity contribution in [3.05, 3.63) is 34.4 Å². The van der Waals surface area contributed by atoms with Gasteiger partial charge in [0.15, 0.2) is 6.04 Å². The molecule has 0 radical (unpaired) electrons. The normalized spacial score (nSPS) is 11.8. The molecule has 8 heteroatoms. The lowest BCUT2D eigenvalue weighted by atomic mass is 10.1. The highest BCUT2D eigenvalue weighted by molar-refractivity contribution is 5.97. The quantitative estimate of drug-likeness (QED) is 0.409. The first-order chi connectivity index (χ1) is 10.9. The van der Waals surface area contributed by atoms with E-state index >= 15 is 0 Å². The zero-order chi connectivity index (χ0) is 17.4. The van der Waals surface area contributed by atoms with Crippen LogP contribution in [0.25, 0.3) is 0 Å². The third kappa shape index (κ3) is 5.03. The van der Waals surface area contributed by atoms with Crippen molar-refractivity contribution < 1.29 is 24.1 Å². The number of carbonyl (C=O) groups excluding carboxylic acids is 2. The summed E-state index contributed by atoms with van der Waals surface area (Å²) in [6.07, 6.45) is -0.0834. The van der Waals surface area contributed by atoms with Crippen molar-refractivity contribution in [1.29, 1.82) is 0 Å². The average Bonchev–Trinajstić information content (AvgIpc) is 2.54. The number of carbonyl (C=O) groups is 2. The smallest absolute Gasteiger partial charge is 0.312 e. The Balaban J connectivity index is 3.01. The summed E-state index contributed by atoms with van der Waals surface area (Å²) in [4.78, 5) is 35.5. The van der Waals surface area contributed by atoms with Gasteiger partial charge in [-0.15, -0.1) is 0 Å². The summed E-state index contributed by atoms with van der Waals surface area (Å²) in [5, 5.41) is 13.6. The number of para-hydroxylation sites is 2. The van der Waals surface area contributed by atoms with Crippen molar-refractivity contribution >= 4 is 23.3 Å². The largest absolute Gasteiger partial charge is 0.469 e. The monoisotopic (exact) mass is 324 g/mol. The molecule has 0 heterocycles. The molecule has 0 unspecified atom stereocenters. The molecule has 0 saturated heterocycles. The summed E-state index contributed by atoms with van der Waals surface area (Å²) in [5.74, 6) is -0.935. The maximum atomic E-state index is 12.5. The van der Waals surface area contributed by atoms with Crippen LogP contribution in [0.2, 0.25) is 0 Å². The second-order valence-electron chi connectivity index (χ2n) is 4.96. The Morgan fingerprint density at radius 3 is 2.43 bits per heavy atom. The molecule has 8 nitrogen and oxygen atoms in total. The lowest BCUT2D eigenvalue weighted by molar-refractivity contribution is -0.911. The van der Waals surface area contributed by atoms with Gasteiger partial charge < -0.3 is 15.0 Å². The van der Waals surface area contributed by atoms with Crippen LogP contribution in [-0.4, -0.2) is 43.0 Å². The van der Waals surface area contributed by atoms with E-state index in [4.69, 9.17) is 0 Å². The van der Waals surface area contributed by atoms with E-state index in [2.05, 4.69) is 10.1 Å². The van der Waals surface area contributed by atoms with E-state index in [1.54, 1.807) is 6.07 Å². The van der Waals surface area contributed by atoms with Crippen LogP contribution in [0, 0.1) is 10.1 Å². The van der Waals surface area contributed by atoms with Gasteiger partial charge in [-0.3, -0.25) is 19.7 Å². The Morgan fingerprint density at radius 2 is 1.91 bits per heavy atom. The van der Waals surface area contributed by atoms with Gasteiger partial charge in [0.05, 0.1) is 25.1 Å². The zero-order valence-electron chi connectivity index (χ0n) is 13.5. The van der Waals surface area contributed by atoms with Gasteiger partial charge in [0.25, 0.3) is 11.6 Å². The number of esters is 1. The summed E-state index contributed by atoms with van der Waals surface area (Å²) >= 11 is 0. The molecule has 2 N–H and O–H groups in total. The molecule has 0 fully saturated rings. The third-order valence-corrected chi connectivity index (χ3v) is 3.67. The molecule has 0 aliphatic heterocycles. The number of ether oxygens (including phenoxy) is 1. The molecule has 1 aromatic rings. The molecule has 1 aromatic carbocycles. The number of hydrogen-bond donors (Lipinski definition) is 2. The van der Waals surface area contributed by atoms with E-state index in [0.29, 0.717) is 13.1 Å². The van der Waals surface area contributed by atoms with Crippen LogP contribution in [0.4, 0.5) is 11.4 Å². The van der Waals surface area contributed by atoms with E-state index in [-0.39, 0.29) is 17.8 Å². The van der Waals surface area contributed by atoms with E-state index in [9.17, 15) is 19.7 Å². The molecule has 1 atom stereocenters. The van der Waals surface area contributed by atoms with Gasteiger partial charge >= 0.3 is 5.97 Å². The molecule has 0 spiro atoms. The molecule has 126 valence electrons. The van der Waals surface area contributed by atoms with E-state index in [1.165, 1.54) is 25.3 Å². The van der Waals surface area contributed by atoms with Crippen LogP contribution in [0.3, 0.4) is 0 Å². The molecule has 0 saturated carbocycles. The number of anilines is 1. The first kappa shape index (κ1) is 18.6. The van der Waals surface area contributed by atoms with Crippen LogP contribution in [0.5, 0.6) is 0 Å². The molecular formula is C15H22N3O5+. The number of benzene rings is 1. The molecule has 0 aliphatic carbocycles. The number of nitro benzene ring substituents is 1. The minimum absolute atomic E-state index is 0.0834. The summed E-state index contributed by atoms with van der Waals surface area (Å²) in [5.41, 5.74) is -0.0730. The first-order valence-corrected chi connectivity index (χ1v) is 7.40. The molecule has 23 heavy (non-hydrogen) atoms. The number of nitrogens with one attached hydrogen (secondary N) is 2. The van der Waals surface area contributed by atoms with Crippen molar-refractivity contribution in [2.75, 3.05) is 25.5 Å². The van der Waals surface area contributed by atoms with Gasteiger partial charge in [-0.1, -0.05) is 12.1 Å². The van der Waals surface area contributed by atoms with Crippen LogP contribution in [-0.2, 0) is 14.3 Å². The highest BCUT2D eigenvalue weighted by Crippen LogP contribution is 2.23. The zero-order valence-corrected chi connectivity index (χ0v) is 13.5. The topological polar surface area (TPSA) is 103 Å². The Kier molecular flexibility index (Phi) is 7.14. The van der Waals surface area contributed by atoms with Gasteiger partial charge in [-0.05, 0) is 19.9 Å². The van der Waals surface area contributed by atoms with E-state index < -0.39 is 22.8 Å². The Bertz CT molecular complexity index is 572. The molecule has 0 aromatic heterocycles. The Labute approximate surface area is 134 Å². The maximum Gasteiger partial charge on any atom is 0.312 e. The standard InChI is InChI=1S/C15H21N3O5/c1-4-17(5-2)13(10-14(19)23-3)15(20)16-11-8-6-7-9-12(11)18(21)22/h6-9,13H,4-5,10H2,1-3H3,(H,16,20)/p+1/t13-/m0/s1. The summed E-state index contributed by atoms with van der Waals surface area (Å²) in [6.45, 7) is 5.09. The number of nitrogens with zero attached hydrogens (tertiary/aromatic N) is 1.